The monoisotopic (exact) mass is 350 g/mol. The molecular weight excluding hydrogens is 324 g/mol. The molecule has 1 saturated heterocycles. The molecule has 136 valence electrons. The third kappa shape index (κ3) is 3.27. The fraction of sp³-hybridized carbons (Fsp3) is 0.381. The first-order valence-corrected chi connectivity index (χ1v) is 9.47. The van der Waals surface area contributed by atoms with E-state index in [1.165, 1.54) is 25.0 Å². The lowest BCUT2D eigenvalue weighted by molar-refractivity contribution is 0.218. The highest BCUT2D eigenvalue weighted by Gasteiger charge is 2.20. The molecule has 0 spiro atoms. The van der Waals surface area contributed by atoms with E-state index in [0.29, 0.717) is 6.61 Å². The lowest BCUT2D eigenvalue weighted by Crippen LogP contribution is -2.29. The zero-order valence-electron chi connectivity index (χ0n) is 15.3. The van der Waals surface area contributed by atoms with Crippen LogP contribution in [0.4, 0.5) is 5.69 Å². The number of pyridine rings is 1. The molecule has 0 atom stereocenters. The molecule has 4 rings (SSSR count). The van der Waals surface area contributed by atoms with E-state index in [1.54, 1.807) is 0 Å². The molecule has 1 fully saturated rings. The third-order valence-electron chi connectivity index (χ3n) is 5.00. The largest absolute Gasteiger partial charge is 0.493 e. The van der Waals surface area contributed by atoms with E-state index in [-0.39, 0.29) is 0 Å². The number of nitrogens with two attached hydrogens (primary N) is 1. The molecule has 5 heteroatoms. The zero-order chi connectivity index (χ0) is 17.9. The number of imidazole rings is 1. The molecule has 5 nitrogen and oxygen atoms in total. The minimum absolute atomic E-state index is 0.638. The summed E-state index contributed by atoms with van der Waals surface area (Å²) in [6.07, 6.45) is 5.85. The number of nitrogens with zero attached hydrogens (tertiary/aromatic N) is 3. The Kier molecular flexibility index (Phi) is 4.80. The number of nitrogen functional groups attached to an aromatic ring is 1. The lowest BCUT2D eigenvalue weighted by Gasteiger charge is -2.26. The number of ether oxygens (including phenoxy) is 1. The van der Waals surface area contributed by atoms with Gasteiger partial charge in [0.2, 0.25) is 0 Å². The number of fused-ring (bicyclic) bond motifs is 1. The average molecular weight is 350 g/mol. The number of hydrogen-bond donors (Lipinski definition) is 1. The SMILES string of the molecule is CCOc1ccccc1-c1nc2ccc(N)cn2c1CN1CCCCC1. The van der Waals surface area contributed by atoms with Crippen LogP contribution in [-0.2, 0) is 6.54 Å². The van der Waals surface area contributed by atoms with Crippen molar-refractivity contribution < 1.29 is 4.74 Å². The zero-order valence-corrected chi connectivity index (χ0v) is 15.3. The summed E-state index contributed by atoms with van der Waals surface area (Å²) in [7, 11) is 0. The summed E-state index contributed by atoms with van der Waals surface area (Å²) in [4.78, 5) is 7.45. The molecule has 0 amide bonds. The van der Waals surface area contributed by atoms with Crippen molar-refractivity contribution in [3.63, 3.8) is 0 Å². The molecule has 0 radical (unpaired) electrons. The predicted molar refractivity (Wildman–Crippen MR) is 105 cm³/mol. The van der Waals surface area contributed by atoms with Gasteiger partial charge in [-0.15, -0.1) is 0 Å². The van der Waals surface area contributed by atoms with E-state index < -0.39 is 0 Å². The topological polar surface area (TPSA) is 55.8 Å². The van der Waals surface area contributed by atoms with Gasteiger partial charge in [-0.3, -0.25) is 4.90 Å². The Morgan fingerprint density at radius 1 is 1.08 bits per heavy atom. The molecule has 3 aromatic rings. The lowest BCUT2D eigenvalue weighted by atomic mass is 10.1. The van der Waals surface area contributed by atoms with E-state index in [9.17, 15) is 0 Å². The molecule has 3 heterocycles. The van der Waals surface area contributed by atoms with Crippen LogP contribution in [-0.4, -0.2) is 34.0 Å². The summed E-state index contributed by atoms with van der Waals surface area (Å²) in [5.41, 5.74) is 11.0. The van der Waals surface area contributed by atoms with Crippen molar-refractivity contribution in [2.75, 3.05) is 25.4 Å². The van der Waals surface area contributed by atoms with Crippen molar-refractivity contribution in [1.82, 2.24) is 14.3 Å². The van der Waals surface area contributed by atoms with Gasteiger partial charge in [0.05, 0.1) is 18.0 Å². The molecule has 2 N–H and O–H groups in total. The second-order valence-corrected chi connectivity index (χ2v) is 6.86. The summed E-state index contributed by atoms with van der Waals surface area (Å²) in [5.74, 6) is 0.881. The molecule has 1 aliphatic heterocycles. The quantitative estimate of drug-likeness (QED) is 0.756. The van der Waals surface area contributed by atoms with Gasteiger partial charge in [-0.25, -0.2) is 4.98 Å². The maximum absolute atomic E-state index is 6.06. The molecule has 26 heavy (non-hydrogen) atoms. The van der Waals surface area contributed by atoms with Crippen LogP contribution in [0.15, 0.2) is 42.6 Å². The van der Waals surface area contributed by atoms with Crippen molar-refractivity contribution >= 4 is 11.3 Å². The fourth-order valence-corrected chi connectivity index (χ4v) is 3.75. The minimum Gasteiger partial charge on any atom is -0.493 e. The van der Waals surface area contributed by atoms with Gasteiger partial charge in [0.15, 0.2) is 0 Å². The van der Waals surface area contributed by atoms with Crippen molar-refractivity contribution in [3.05, 3.63) is 48.3 Å². The summed E-state index contributed by atoms with van der Waals surface area (Å²) >= 11 is 0. The Bertz CT molecular complexity index is 896. The van der Waals surface area contributed by atoms with Crippen LogP contribution >= 0.6 is 0 Å². The molecule has 0 bridgehead atoms. The van der Waals surface area contributed by atoms with Gasteiger partial charge in [-0.1, -0.05) is 18.6 Å². The number of aromatic nitrogens is 2. The highest BCUT2D eigenvalue weighted by Crippen LogP contribution is 2.33. The van der Waals surface area contributed by atoms with Crippen LogP contribution in [0.3, 0.4) is 0 Å². The summed E-state index contributed by atoms with van der Waals surface area (Å²) in [5, 5.41) is 0. The number of piperidine rings is 1. The van der Waals surface area contributed by atoms with E-state index >= 15 is 0 Å². The molecule has 1 aromatic carbocycles. The van der Waals surface area contributed by atoms with E-state index in [4.69, 9.17) is 15.5 Å². The Balaban J connectivity index is 1.84. The Labute approximate surface area is 154 Å². The number of anilines is 1. The standard InChI is InChI=1S/C21H26N4O/c1-2-26-19-9-5-4-8-17(19)21-18(15-24-12-6-3-7-13-24)25-14-16(22)10-11-20(25)23-21/h4-5,8-11,14H,2-3,6-7,12-13,15,22H2,1H3. The van der Waals surface area contributed by atoms with Gasteiger partial charge in [0.25, 0.3) is 0 Å². The highest BCUT2D eigenvalue weighted by molar-refractivity contribution is 5.72. The van der Waals surface area contributed by atoms with E-state index in [2.05, 4.69) is 15.4 Å². The van der Waals surface area contributed by atoms with Crippen LogP contribution < -0.4 is 10.5 Å². The number of rotatable bonds is 5. The van der Waals surface area contributed by atoms with E-state index in [0.717, 1.165) is 48.0 Å². The van der Waals surface area contributed by atoms with Crippen LogP contribution in [0, 0.1) is 0 Å². The summed E-state index contributed by atoms with van der Waals surface area (Å²) in [6, 6.07) is 12.1. The highest BCUT2D eigenvalue weighted by atomic mass is 16.5. The van der Waals surface area contributed by atoms with Gasteiger partial charge in [0.1, 0.15) is 11.4 Å². The first-order valence-electron chi connectivity index (χ1n) is 9.47. The van der Waals surface area contributed by atoms with Crippen LogP contribution in [0.5, 0.6) is 5.75 Å². The molecular formula is C21H26N4O. The maximum Gasteiger partial charge on any atom is 0.137 e. The molecule has 0 aliphatic carbocycles. The number of likely N-dealkylation sites (tertiary alicyclic amines) is 1. The average Bonchev–Trinajstić information content (AvgIpc) is 3.01. The molecule has 0 saturated carbocycles. The van der Waals surface area contributed by atoms with E-state index in [1.807, 2.05) is 43.5 Å². The third-order valence-corrected chi connectivity index (χ3v) is 5.00. The summed E-state index contributed by atoms with van der Waals surface area (Å²) < 4.78 is 8.01. The van der Waals surface area contributed by atoms with Crippen molar-refractivity contribution in [1.29, 1.82) is 0 Å². The smallest absolute Gasteiger partial charge is 0.137 e. The number of para-hydroxylation sites is 1. The molecule has 2 aromatic heterocycles. The number of benzene rings is 1. The number of hydrogen-bond acceptors (Lipinski definition) is 4. The van der Waals surface area contributed by atoms with Crippen molar-refractivity contribution in [2.45, 2.75) is 32.7 Å². The van der Waals surface area contributed by atoms with Gasteiger partial charge in [-0.2, -0.15) is 0 Å². The van der Waals surface area contributed by atoms with Crippen molar-refractivity contribution in [3.8, 4) is 17.0 Å². The normalized spacial score (nSPS) is 15.4. The second-order valence-electron chi connectivity index (χ2n) is 6.86. The van der Waals surface area contributed by atoms with Crippen molar-refractivity contribution in [2.24, 2.45) is 0 Å². The Hall–Kier alpha value is -2.53. The summed E-state index contributed by atoms with van der Waals surface area (Å²) in [6.45, 7) is 5.80. The van der Waals surface area contributed by atoms with Gasteiger partial charge < -0.3 is 14.9 Å². The first kappa shape index (κ1) is 16.9. The first-order chi connectivity index (χ1) is 12.8. The minimum atomic E-state index is 0.638. The molecule has 0 unspecified atom stereocenters. The Morgan fingerprint density at radius 2 is 1.88 bits per heavy atom. The Morgan fingerprint density at radius 3 is 2.69 bits per heavy atom. The fourth-order valence-electron chi connectivity index (χ4n) is 3.75. The van der Waals surface area contributed by atoms with Gasteiger partial charge in [-0.05, 0) is 57.1 Å². The molecule has 1 aliphatic rings. The van der Waals surface area contributed by atoms with Gasteiger partial charge in [0, 0.05) is 24.0 Å². The van der Waals surface area contributed by atoms with Crippen LogP contribution in [0.25, 0.3) is 16.9 Å². The maximum atomic E-state index is 6.06. The van der Waals surface area contributed by atoms with Gasteiger partial charge >= 0.3 is 0 Å². The van der Waals surface area contributed by atoms with Crippen LogP contribution in [0.1, 0.15) is 31.9 Å². The second kappa shape index (κ2) is 7.38. The predicted octanol–water partition coefficient (Wildman–Crippen LogP) is 3.97. The van der Waals surface area contributed by atoms with Crippen LogP contribution in [0.2, 0.25) is 0 Å².